The minimum Gasteiger partial charge on any atom is -0.354 e. The number of nitrogens with one attached hydrogen (secondary N) is 1. The molecule has 1 aromatic rings. The summed E-state index contributed by atoms with van der Waals surface area (Å²) in [7, 11) is 0. The van der Waals surface area contributed by atoms with Crippen LogP contribution in [0.5, 0.6) is 0 Å². The molecular formula is C17H28N4. The summed E-state index contributed by atoms with van der Waals surface area (Å²) in [6.45, 7) is 6.96. The van der Waals surface area contributed by atoms with Crippen LogP contribution < -0.4 is 10.2 Å². The third-order valence-electron chi connectivity index (χ3n) is 4.78. The van der Waals surface area contributed by atoms with Crippen molar-refractivity contribution in [3.05, 3.63) is 24.4 Å². The highest BCUT2D eigenvalue weighted by Crippen LogP contribution is 2.17. The van der Waals surface area contributed by atoms with Crippen LogP contribution >= 0.6 is 0 Å². The summed E-state index contributed by atoms with van der Waals surface area (Å²) in [6, 6.07) is 6.98. The first-order valence-electron chi connectivity index (χ1n) is 8.53. The predicted octanol–water partition coefficient (Wildman–Crippen LogP) is 2.13. The standard InChI is InChI=1S/C17H28N4/c1-2-7-16(6-1)18-10-5-11-20-12-14-21(15-13-20)17-8-3-4-9-19-17/h3-4,8-9,16,18H,1-2,5-7,10-15H2. The fourth-order valence-electron chi connectivity index (χ4n) is 3.48. The molecule has 0 unspecified atom stereocenters. The normalized spacial score (nSPS) is 21.0. The average Bonchev–Trinajstić information content (AvgIpc) is 3.06. The van der Waals surface area contributed by atoms with Crippen LogP contribution in [0.4, 0.5) is 5.82 Å². The Balaban J connectivity index is 1.30. The Morgan fingerprint density at radius 2 is 1.90 bits per heavy atom. The van der Waals surface area contributed by atoms with Crippen molar-refractivity contribution in [3.63, 3.8) is 0 Å². The third-order valence-corrected chi connectivity index (χ3v) is 4.78. The monoisotopic (exact) mass is 288 g/mol. The number of hydrogen-bond acceptors (Lipinski definition) is 4. The van der Waals surface area contributed by atoms with Gasteiger partial charge in [0.05, 0.1) is 0 Å². The van der Waals surface area contributed by atoms with E-state index in [0.29, 0.717) is 0 Å². The Kier molecular flexibility index (Phi) is 5.46. The predicted molar refractivity (Wildman–Crippen MR) is 87.8 cm³/mol. The maximum absolute atomic E-state index is 4.44. The summed E-state index contributed by atoms with van der Waals surface area (Å²) >= 11 is 0. The number of rotatable bonds is 6. The summed E-state index contributed by atoms with van der Waals surface area (Å²) in [4.78, 5) is 9.43. The number of pyridine rings is 1. The van der Waals surface area contributed by atoms with E-state index in [1.807, 2.05) is 12.3 Å². The fraction of sp³-hybridized carbons (Fsp3) is 0.706. The lowest BCUT2D eigenvalue weighted by molar-refractivity contribution is 0.252. The molecular weight excluding hydrogens is 260 g/mol. The second kappa shape index (κ2) is 7.76. The molecule has 1 saturated carbocycles. The Bertz CT molecular complexity index is 395. The molecule has 3 rings (SSSR count). The van der Waals surface area contributed by atoms with Gasteiger partial charge in [-0.25, -0.2) is 4.98 Å². The molecule has 1 aliphatic heterocycles. The van der Waals surface area contributed by atoms with E-state index in [1.54, 1.807) is 0 Å². The number of hydrogen-bond donors (Lipinski definition) is 1. The number of nitrogens with zero attached hydrogens (tertiary/aromatic N) is 3. The topological polar surface area (TPSA) is 31.4 Å². The summed E-state index contributed by atoms with van der Waals surface area (Å²) in [6.07, 6.45) is 8.79. The zero-order chi connectivity index (χ0) is 14.3. The zero-order valence-corrected chi connectivity index (χ0v) is 13.0. The van der Waals surface area contributed by atoms with Gasteiger partial charge < -0.3 is 10.2 Å². The molecule has 2 fully saturated rings. The molecule has 116 valence electrons. The fourth-order valence-corrected chi connectivity index (χ4v) is 3.48. The Morgan fingerprint density at radius 1 is 1.10 bits per heavy atom. The molecule has 0 radical (unpaired) electrons. The van der Waals surface area contributed by atoms with Gasteiger partial charge in [0.25, 0.3) is 0 Å². The number of piperazine rings is 1. The quantitative estimate of drug-likeness (QED) is 0.813. The number of aromatic nitrogens is 1. The maximum Gasteiger partial charge on any atom is 0.128 e. The van der Waals surface area contributed by atoms with Crippen molar-refractivity contribution in [2.45, 2.75) is 38.1 Å². The lowest BCUT2D eigenvalue weighted by Gasteiger charge is -2.35. The van der Waals surface area contributed by atoms with Crippen LogP contribution in [0.25, 0.3) is 0 Å². The number of anilines is 1. The molecule has 1 saturated heterocycles. The lowest BCUT2D eigenvalue weighted by atomic mass is 10.2. The highest BCUT2D eigenvalue weighted by molar-refractivity contribution is 5.38. The van der Waals surface area contributed by atoms with Crippen molar-refractivity contribution in [3.8, 4) is 0 Å². The Morgan fingerprint density at radius 3 is 2.62 bits per heavy atom. The van der Waals surface area contributed by atoms with Gasteiger partial charge in [0, 0.05) is 38.4 Å². The molecule has 21 heavy (non-hydrogen) atoms. The van der Waals surface area contributed by atoms with Gasteiger partial charge in [0.1, 0.15) is 5.82 Å². The second-order valence-corrected chi connectivity index (χ2v) is 6.31. The van der Waals surface area contributed by atoms with Crippen LogP contribution in [0.2, 0.25) is 0 Å². The van der Waals surface area contributed by atoms with Crippen LogP contribution in [0.15, 0.2) is 24.4 Å². The van der Waals surface area contributed by atoms with Crippen LogP contribution in [0.3, 0.4) is 0 Å². The van der Waals surface area contributed by atoms with Crippen molar-refractivity contribution in [2.75, 3.05) is 44.2 Å². The molecule has 0 spiro atoms. The summed E-state index contributed by atoms with van der Waals surface area (Å²) in [5.74, 6) is 1.13. The van der Waals surface area contributed by atoms with Crippen molar-refractivity contribution in [1.82, 2.24) is 15.2 Å². The van der Waals surface area contributed by atoms with Crippen LogP contribution in [-0.4, -0.2) is 55.2 Å². The molecule has 4 nitrogen and oxygen atoms in total. The summed E-state index contributed by atoms with van der Waals surface area (Å²) in [5.41, 5.74) is 0. The third kappa shape index (κ3) is 4.42. The van der Waals surface area contributed by atoms with Crippen LogP contribution in [0, 0.1) is 0 Å². The smallest absolute Gasteiger partial charge is 0.128 e. The van der Waals surface area contributed by atoms with Gasteiger partial charge in [-0.1, -0.05) is 18.9 Å². The molecule has 2 heterocycles. The average molecular weight is 288 g/mol. The molecule has 0 aromatic carbocycles. The first-order chi connectivity index (χ1) is 10.4. The van der Waals surface area contributed by atoms with Gasteiger partial charge in [-0.15, -0.1) is 0 Å². The summed E-state index contributed by atoms with van der Waals surface area (Å²) in [5, 5.41) is 3.71. The molecule has 0 amide bonds. The van der Waals surface area contributed by atoms with E-state index in [2.05, 4.69) is 32.2 Å². The van der Waals surface area contributed by atoms with Crippen LogP contribution in [0.1, 0.15) is 32.1 Å². The highest BCUT2D eigenvalue weighted by Gasteiger charge is 2.18. The van der Waals surface area contributed by atoms with Gasteiger partial charge >= 0.3 is 0 Å². The van der Waals surface area contributed by atoms with Crippen molar-refractivity contribution >= 4 is 5.82 Å². The SMILES string of the molecule is c1ccc(N2CCN(CCCNC3CCCC3)CC2)nc1. The van der Waals surface area contributed by atoms with Gasteiger partial charge in [0.15, 0.2) is 0 Å². The van der Waals surface area contributed by atoms with Crippen molar-refractivity contribution in [1.29, 1.82) is 0 Å². The molecule has 2 aliphatic rings. The second-order valence-electron chi connectivity index (χ2n) is 6.31. The largest absolute Gasteiger partial charge is 0.354 e. The molecule has 1 aromatic heterocycles. The van der Waals surface area contributed by atoms with Gasteiger partial charge in [-0.05, 0) is 44.5 Å². The maximum atomic E-state index is 4.44. The van der Waals surface area contributed by atoms with E-state index in [9.17, 15) is 0 Å². The van der Waals surface area contributed by atoms with E-state index in [0.717, 1.165) is 24.9 Å². The molecule has 1 aliphatic carbocycles. The Hall–Kier alpha value is -1.13. The van der Waals surface area contributed by atoms with Crippen LogP contribution in [-0.2, 0) is 0 Å². The Labute approximate surface area is 128 Å². The minimum atomic E-state index is 0.811. The van der Waals surface area contributed by atoms with Crippen molar-refractivity contribution < 1.29 is 0 Å². The van der Waals surface area contributed by atoms with E-state index in [1.165, 1.54) is 58.3 Å². The molecule has 4 heteroatoms. The van der Waals surface area contributed by atoms with Gasteiger partial charge in [-0.3, -0.25) is 4.90 Å². The van der Waals surface area contributed by atoms with E-state index in [-0.39, 0.29) is 0 Å². The summed E-state index contributed by atoms with van der Waals surface area (Å²) < 4.78 is 0. The van der Waals surface area contributed by atoms with Gasteiger partial charge in [0.2, 0.25) is 0 Å². The van der Waals surface area contributed by atoms with E-state index < -0.39 is 0 Å². The highest BCUT2D eigenvalue weighted by atomic mass is 15.3. The molecule has 1 N–H and O–H groups in total. The van der Waals surface area contributed by atoms with E-state index in [4.69, 9.17) is 0 Å². The van der Waals surface area contributed by atoms with E-state index >= 15 is 0 Å². The zero-order valence-electron chi connectivity index (χ0n) is 13.0. The molecule has 0 atom stereocenters. The van der Waals surface area contributed by atoms with Gasteiger partial charge in [-0.2, -0.15) is 0 Å². The van der Waals surface area contributed by atoms with Crippen molar-refractivity contribution in [2.24, 2.45) is 0 Å². The minimum absolute atomic E-state index is 0.811. The molecule has 0 bridgehead atoms. The first-order valence-corrected chi connectivity index (χ1v) is 8.53. The first kappa shape index (κ1) is 14.8. The lowest BCUT2D eigenvalue weighted by Crippen LogP contribution is -2.47.